The summed E-state index contributed by atoms with van der Waals surface area (Å²) in [6.07, 6.45) is 1.50. The maximum absolute atomic E-state index is 13.7. The van der Waals surface area contributed by atoms with Crippen LogP contribution in [-0.4, -0.2) is 35.6 Å². The highest BCUT2D eigenvalue weighted by Crippen LogP contribution is 2.33. The molecule has 1 aliphatic heterocycles. The SMILES string of the molecule is COc1ccc(/C=C2\SC(=O)N(CC(=O)Nc3ccc(F)c(F)c3F)C2=O)cc1I. The van der Waals surface area contributed by atoms with Crippen LogP contribution in [0.5, 0.6) is 5.75 Å². The highest BCUT2D eigenvalue weighted by molar-refractivity contribution is 14.1. The number of methoxy groups -OCH3 is 1. The first-order valence-corrected chi connectivity index (χ1v) is 10.1. The van der Waals surface area contributed by atoms with Gasteiger partial charge in [-0.1, -0.05) is 6.07 Å². The zero-order valence-electron chi connectivity index (χ0n) is 15.2. The van der Waals surface area contributed by atoms with Crippen LogP contribution >= 0.6 is 34.4 Å². The van der Waals surface area contributed by atoms with Crippen molar-refractivity contribution in [3.8, 4) is 5.75 Å². The summed E-state index contributed by atoms with van der Waals surface area (Å²) < 4.78 is 45.9. The van der Waals surface area contributed by atoms with Gasteiger partial charge in [-0.2, -0.15) is 0 Å². The Balaban J connectivity index is 1.73. The van der Waals surface area contributed by atoms with Crippen LogP contribution in [0, 0.1) is 21.0 Å². The molecule has 30 heavy (non-hydrogen) atoms. The van der Waals surface area contributed by atoms with Gasteiger partial charge in [-0.15, -0.1) is 0 Å². The quantitative estimate of drug-likeness (QED) is 0.341. The molecular weight excluding hydrogens is 536 g/mol. The predicted molar refractivity (Wildman–Crippen MR) is 113 cm³/mol. The van der Waals surface area contributed by atoms with Crippen molar-refractivity contribution >= 4 is 63.2 Å². The first kappa shape index (κ1) is 22.2. The summed E-state index contributed by atoms with van der Waals surface area (Å²) in [4.78, 5) is 37.5. The van der Waals surface area contributed by atoms with Gasteiger partial charge in [-0.25, -0.2) is 13.2 Å². The molecule has 1 saturated heterocycles. The van der Waals surface area contributed by atoms with E-state index < -0.39 is 46.7 Å². The number of carbonyl (C=O) groups excluding carboxylic acids is 3. The van der Waals surface area contributed by atoms with Gasteiger partial charge in [0.2, 0.25) is 5.91 Å². The van der Waals surface area contributed by atoms with Gasteiger partial charge in [0.05, 0.1) is 21.3 Å². The summed E-state index contributed by atoms with van der Waals surface area (Å²) in [5.74, 6) is -5.71. The van der Waals surface area contributed by atoms with E-state index in [-0.39, 0.29) is 4.91 Å². The molecule has 156 valence electrons. The zero-order valence-corrected chi connectivity index (χ0v) is 18.1. The lowest BCUT2D eigenvalue weighted by Crippen LogP contribution is -2.36. The molecule has 0 radical (unpaired) electrons. The summed E-state index contributed by atoms with van der Waals surface area (Å²) in [7, 11) is 1.53. The number of hydrogen-bond donors (Lipinski definition) is 1. The maximum Gasteiger partial charge on any atom is 0.294 e. The van der Waals surface area contributed by atoms with Crippen LogP contribution in [0.3, 0.4) is 0 Å². The lowest BCUT2D eigenvalue weighted by molar-refractivity contribution is -0.127. The van der Waals surface area contributed by atoms with Gasteiger partial charge in [0, 0.05) is 0 Å². The number of hydrogen-bond acceptors (Lipinski definition) is 5. The van der Waals surface area contributed by atoms with Crippen LogP contribution < -0.4 is 10.1 Å². The maximum atomic E-state index is 13.7. The molecule has 3 amide bonds. The van der Waals surface area contributed by atoms with Crippen molar-refractivity contribution in [2.75, 3.05) is 19.0 Å². The van der Waals surface area contributed by atoms with Crippen LogP contribution in [0.4, 0.5) is 23.7 Å². The third-order valence-corrected chi connectivity index (χ3v) is 5.71. The molecule has 3 rings (SSSR count). The Kier molecular flexibility index (Phi) is 6.71. The van der Waals surface area contributed by atoms with Crippen molar-refractivity contribution in [1.29, 1.82) is 0 Å². The van der Waals surface area contributed by atoms with Crippen molar-refractivity contribution < 1.29 is 32.3 Å². The van der Waals surface area contributed by atoms with Crippen molar-refractivity contribution in [2.45, 2.75) is 0 Å². The number of carbonyl (C=O) groups is 3. The number of imide groups is 1. The van der Waals surface area contributed by atoms with Crippen LogP contribution in [-0.2, 0) is 9.59 Å². The number of ether oxygens (including phenoxy) is 1. The number of halogens is 4. The average molecular weight is 548 g/mol. The van der Waals surface area contributed by atoms with E-state index in [0.29, 0.717) is 34.0 Å². The molecule has 6 nitrogen and oxygen atoms in total. The fourth-order valence-electron chi connectivity index (χ4n) is 2.52. The first-order valence-electron chi connectivity index (χ1n) is 8.23. The molecule has 1 N–H and O–H groups in total. The monoisotopic (exact) mass is 548 g/mol. The number of nitrogens with one attached hydrogen (secondary N) is 1. The summed E-state index contributed by atoms with van der Waals surface area (Å²) >= 11 is 2.71. The molecule has 1 heterocycles. The van der Waals surface area contributed by atoms with E-state index >= 15 is 0 Å². The number of nitrogens with zero attached hydrogens (tertiary/aromatic N) is 1. The largest absolute Gasteiger partial charge is 0.496 e. The smallest absolute Gasteiger partial charge is 0.294 e. The van der Waals surface area contributed by atoms with Crippen molar-refractivity contribution in [2.24, 2.45) is 0 Å². The second-order valence-corrected chi connectivity index (χ2v) is 8.09. The minimum Gasteiger partial charge on any atom is -0.496 e. The molecule has 1 aliphatic rings. The molecule has 1 fully saturated rings. The normalized spacial score (nSPS) is 15.1. The van der Waals surface area contributed by atoms with E-state index in [1.54, 1.807) is 18.2 Å². The van der Waals surface area contributed by atoms with Gasteiger partial charge in [-0.05, 0) is 70.3 Å². The van der Waals surface area contributed by atoms with Gasteiger partial charge in [-0.3, -0.25) is 19.3 Å². The zero-order chi connectivity index (χ0) is 22.0. The highest BCUT2D eigenvalue weighted by atomic mass is 127. The lowest BCUT2D eigenvalue weighted by atomic mass is 10.2. The van der Waals surface area contributed by atoms with Gasteiger partial charge in [0.1, 0.15) is 12.3 Å². The van der Waals surface area contributed by atoms with E-state index in [0.717, 1.165) is 9.64 Å². The van der Waals surface area contributed by atoms with Crippen LogP contribution in [0.25, 0.3) is 6.08 Å². The van der Waals surface area contributed by atoms with E-state index in [1.807, 2.05) is 5.32 Å². The fourth-order valence-corrected chi connectivity index (χ4v) is 4.11. The summed E-state index contributed by atoms with van der Waals surface area (Å²) in [5.41, 5.74) is 0.0493. The van der Waals surface area contributed by atoms with E-state index in [9.17, 15) is 27.6 Å². The lowest BCUT2D eigenvalue weighted by Gasteiger charge is -2.13. The Bertz CT molecular complexity index is 1090. The highest BCUT2D eigenvalue weighted by Gasteiger charge is 2.36. The molecule has 2 aromatic rings. The molecule has 0 aliphatic carbocycles. The van der Waals surface area contributed by atoms with Crippen molar-refractivity contribution in [3.63, 3.8) is 0 Å². The number of anilines is 1. The van der Waals surface area contributed by atoms with Gasteiger partial charge in [0.25, 0.3) is 11.1 Å². The fraction of sp³-hybridized carbons (Fsp3) is 0.105. The molecule has 0 aromatic heterocycles. The molecule has 0 spiro atoms. The summed E-state index contributed by atoms with van der Waals surface area (Å²) in [6, 6.07) is 6.65. The van der Waals surface area contributed by atoms with Gasteiger partial charge >= 0.3 is 0 Å². The van der Waals surface area contributed by atoms with Crippen molar-refractivity contribution in [3.05, 3.63) is 61.8 Å². The van der Waals surface area contributed by atoms with Crippen LogP contribution in [0.15, 0.2) is 35.2 Å². The Labute approximate surface area is 186 Å². The molecule has 2 aromatic carbocycles. The Morgan fingerprint density at radius 3 is 2.60 bits per heavy atom. The van der Waals surface area contributed by atoms with E-state index in [2.05, 4.69) is 22.6 Å². The Morgan fingerprint density at radius 2 is 1.93 bits per heavy atom. The molecule has 11 heteroatoms. The number of amides is 3. The Morgan fingerprint density at radius 1 is 1.20 bits per heavy atom. The number of thioether (sulfide) groups is 1. The topological polar surface area (TPSA) is 75.7 Å². The minimum absolute atomic E-state index is 0.104. The third-order valence-electron chi connectivity index (χ3n) is 3.96. The molecule has 0 atom stereocenters. The average Bonchev–Trinajstić information content (AvgIpc) is 2.96. The summed E-state index contributed by atoms with van der Waals surface area (Å²) in [5, 5.41) is 1.34. The second-order valence-electron chi connectivity index (χ2n) is 5.93. The molecular formula is C19H12F3IN2O4S. The third kappa shape index (κ3) is 4.61. The second kappa shape index (κ2) is 9.08. The van der Waals surface area contributed by atoms with E-state index in [4.69, 9.17) is 4.74 Å². The van der Waals surface area contributed by atoms with E-state index in [1.165, 1.54) is 13.2 Å². The van der Waals surface area contributed by atoms with Gasteiger partial charge < -0.3 is 10.1 Å². The molecule has 0 unspecified atom stereocenters. The number of benzene rings is 2. The molecule has 0 bridgehead atoms. The predicted octanol–water partition coefficient (Wildman–Crippen LogP) is 4.39. The van der Waals surface area contributed by atoms with Crippen LogP contribution in [0.2, 0.25) is 0 Å². The van der Waals surface area contributed by atoms with Gasteiger partial charge in [0.15, 0.2) is 17.5 Å². The van der Waals surface area contributed by atoms with Crippen molar-refractivity contribution in [1.82, 2.24) is 4.90 Å². The molecule has 0 saturated carbocycles. The minimum atomic E-state index is -1.74. The standard InChI is InChI=1S/C19H12F3IN2O4S/c1-29-13-5-2-9(6-11(13)23)7-14-18(27)25(19(28)30-14)8-15(26)24-12-4-3-10(20)16(21)17(12)22/h2-7H,8H2,1H3,(H,24,26)/b14-7-. The summed E-state index contributed by atoms with van der Waals surface area (Å²) in [6.45, 7) is -0.708. The first-order chi connectivity index (χ1) is 14.2. The Hall–Kier alpha value is -2.54. The van der Waals surface area contributed by atoms with Crippen LogP contribution in [0.1, 0.15) is 5.56 Å². The number of rotatable bonds is 5.